The van der Waals surface area contributed by atoms with Crippen LogP contribution in [0.2, 0.25) is 0 Å². The van der Waals surface area contributed by atoms with Gasteiger partial charge in [0.25, 0.3) is 0 Å². The molecule has 140 valence electrons. The molecule has 0 heterocycles. The normalized spacial score (nSPS) is 11.9. The van der Waals surface area contributed by atoms with Gasteiger partial charge in [-0.15, -0.1) is 0 Å². The third-order valence-electron chi connectivity index (χ3n) is 4.53. The first-order valence-corrected chi connectivity index (χ1v) is 9.71. The molecule has 0 atom stereocenters. The Balaban J connectivity index is 1.78. The van der Waals surface area contributed by atoms with Crippen molar-refractivity contribution in [1.82, 2.24) is 0 Å². The van der Waals surface area contributed by atoms with Gasteiger partial charge in [0.2, 0.25) is 0 Å². The van der Waals surface area contributed by atoms with Gasteiger partial charge >= 0.3 is 0 Å². The number of benzene rings is 4. The highest BCUT2D eigenvalue weighted by atomic mass is 16.5. The number of hydrogen-bond donors (Lipinski definition) is 0. The molecule has 0 aromatic heterocycles. The molecule has 29 heavy (non-hydrogen) atoms. The van der Waals surface area contributed by atoms with Gasteiger partial charge in [0.05, 0.1) is 0 Å². The maximum absolute atomic E-state index is 6.55. The molecule has 0 radical (unpaired) electrons. The number of hydrogen-bond acceptors (Lipinski definition) is 1. The van der Waals surface area contributed by atoms with Gasteiger partial charge in [-0.2, -0.15) is 0 Å². The molecule has 0 amide bonds. The van der Waals surface area contributed by atoms with E-state index in [1.807, 2.05) is 72.8 Å². The Kier molecular flexibility index (Phi) is 5.99. The zero-order valence-electron chi connectivity index (χ0n) is 16.1. The largest absolute Gasteiger partial charge is 0.456 e. The lowest BCUT2D eigenvalue weighted by molar-refractivity contribution is 0.477. The lowest BCUT2D eigenvalue weighted by Gasteiger charge is -2.15. The van der Waals surface area contributed by atoms with Crippen LogP contribution in [-0.4, -0.2) is 0 Å². The molecule has 4 aromatic rings. The van der Waals surface area contributed by atoms with Crippen molar-refractivity contribution in [2.75, 3.05) is 0 Å². The molecule has 0 fully saturated rings. The number of rotatable bonds is 6. The summed E-state index contributed by atoms with van der Waals surface area (Å²) >= 11 is 0. The average molecular weight is 374 g/mol. The van der Waals surface area contributed by atoms with Crippen LogP contribution in [-0.2, 0) is 4.74 Å². The molecule has 0 bridgehead atoms. The summed E-state index contributed by atoms with van der Waals surface area (Å²) in [7, 11) is 0. The predicted octanol–water partition coefficient (Wildman–Crippen LogP) is 7.40. The van der Waals surface area contributed by atoms with E-state index in [4.69, 9.17) is 4.74 Å². The van der Waals surface area contributed by atoms with E-state index in [0.717, 1.165) is 33.8 Å². The van der Waals surface area contributed by atoms with E-state index in [1.54, 1.807) is 0 Å². The Labute approximate surface area is 172 Å². The molecular weight excluding hydrogens is 352 g/mol. The molecule has 0 aliphatic carbocycles. The Hall–Kier alpha value is -3.84. The molecule has 4 aromatic carbocycles. The second kappa shape index (κ2) is 9.38. The predicted molar refractivity (Wildman–Crippen MR) is 123 cm³/mol. The smallest absolute Gasteiger partial charge is 0.135 e. The fraction of sp³-hybridized carbons (Fsp3) is 0. The topological polar surface area (TPSA) is 9.23 Å². The van der Waals surface area contributed by atoms with Crippen molar-refractivity contribution in [3.8, 4) is 0 Å². The maximum atomic E-state index is 6.55. The van der Waals surface area contributed by atoms with Crippen LogP contribution < -0.4 is 0 Å². The summed E-state index contributed by atoms with van der Waals surface area (Å²) in [6.07, 6.45) is 4.16. The molecule has 0 spiro atoms. The second-order valence-corrected chi connectivity index (χ2v) is 6.67. The van der Waals surface area contributed by atoms with E-state index >= 15 is 0 Å². The summed E-state index contributed by atoms with van der Waals surface area (Å²) < 4.78 is 6.55. The van der Waals surface area contributed by atoms with Crippen LogP contribution in [0.4, 0.5) is 0 Å². The van der Waals surface area contributed by atoms with Crippen molar-refractivity contribution in [3.05, 3.63) is 144 Å². The van der Waals surface area contributed by atoms with E-state index < -0.39 is 0 Å². The maximum Gasteiger partial charge on any atom is 0.135 e. The zero-order chi connectivity index (χ0) is 19.7. The van der Waals surface area contributed by atoms with Crippen molar-refractivity contribution in [3.63, 3.8) is 0 Å². The van der Waals surface area contributed by atoms with Crippen molar-refractivity contribution in [2.24, 2.45) is 0 Å². The lowest BCUT2D eigenvalue weighted by Crippen LogP contribution is -1.94. The molecule has 0 N–H and O–H groups in total. The van der Waals surface area contributed by atoms with Gasteiger partial charge in [-0.25, -0.2) is 0 Å². The van der Waals surface area contributed by atoms with Crippen LogP contribution in [0.15, 0.2) is 121 Å². The molecular formula is C28H22O. The van der Waals surface area contributed by atoms with Gasteiger partial charge in [0, 0.05) is 11.1 Å². The first-order valence-electron chi connectivity index (χ1n) is 9.71. The Morgan fingerprint density at radius 3 is 1.07 bits per heavy atom. The molecule has 0 saturated heterocycles. The van der Waals surface area contributed by atoms with Gasteiger partial charge in [-0.3, -0.25) is 0 Å². The molecule has 0 aliphatic rings. The second-order valence-electron chi connectivity index (χ2n) is 6.67. The first-order chi connectivity index (χ1) is 14.4. The molecule has 0 unspecified atom stereocenters. The summed E-state index contributed by atoms with van der Waals surface area (Å²) in [6.45, 7) is 0. The third kappa shape index (κ3) is 5.12. The van der Waals surface area contributed by atoms with Crippen LogP contribution in [0.25, 0.3) is 23.7 Å². The summed E-state index contributed by atoms with van der Waals surface area (Å²) in [5.74, 6) is 1.62. The zero-order valence-corrected chi connectivity index (χ0v) is 16.1. The van der Waals surface area contributed by atoms with Gasteiger partial charge in [0.15, 0.2) is 0 Å². The van der Waals surface area contributed by atoms with Gasteiger partial charge in [-0.1, -0.05) is 121 Å². The lowest BCUT2D eigenvalue weighted by atomic mass is 10.1. The minimum atomic E-state index is 0.808. The SMILES string of the molecule is C(=C(OC(=Cc1ccccc1)c1ccccc1)c1ccccc1)c1ccccc1. The summed E-state index contributed by atoms with van der Waals surface area (Å²) in [5, 5.41) is 0. The highest BCUT2D eigenvalue weighted by molar-refractivity contribution is 5.85. The molecule has 0 saturated carbocycles. The molecule has 0 aliphatic heterocycles. The van der Waals surface area contributed by atoms with Crippen molar-refractivity contribution >= 4 is 23.7 Å². The Morgan fingerprint density at radius 1 is 0.414 bits per heavy atom. The van der Waals surface area contributed by atoms with Crippen molar-refractivity contribution in [1.29, 1.82) is 0 Å². The van der Waals surface area contributed by atoms with Gasteiger partial charge in [0.1, 0.15) is 11.5 Å². The van der Waals surface area contributed by atoms with Gasteiger partial charge in [-0.05, 0) is 23.3 Å². The fourth-order valence-electron chi connectivity index (χ4n) is 3.07. The van der Waals surface area contributed by atoms with Crippen LogP contribution in [0.1, 0.15) is 22.3 Å². The van der Waals surface area contributed by atoms with Crippen molar-refractivity contribution in [2.45, 2.75) is 0 Å². The first kappa shape index (κ1) is 18.5. The van der Waals surface area contributed by atoms with Crippen LogP contribution in [0.5, 0.6) is 0 Å². The third-order valence-corrected chi connectivity index (χ3v) is 4.53. The van der Waals surface area contributed by atoms with E-state index in [1.165, 1.54) is 0 Å². The van der Waals surface area contributed by atoms with E-state index in [-0.39, 0.29) is 0 Å². The van der Waals surface area contributed by atoms with Crippen LogP contribution >= 0.6 is 0 Å². The quantitative estimate of drug-likeness (QED) is 0.252. The van der Waals surface area contributed by atoms with Crippen LogP contribution in [0, 0.1) is 0 Å². The fourth-order valence-corrected chi connectivity index (χ4v) is 3.07. The minimum absolute atomic E-state index is 0.808. The molecule has 1 nitrogen and oxygen atoms in total. The highest BCUT2D eigenvalue weighted by Crippen LogP contribution is 2.29. The van der Waals surface area contributed by atoms with Crippen LogP contribution in [0.3, 0.4) is 0 Å². The summed E-state index contributed by atoms with van der Waals surface area (Å²) in [4.78, 5) is 0. The Morgan fingerprint density at radius 2 is 0.724 bits per heavy atom. The molecule has 4 rings (SSSR count). The summed E-state index contributed by atoms with van der Waals surface area (Å²) in [5.41, 5.74) is 4.26. The number of ether oxygens (including phenoxy) is 1. The van der Waals surface area contributed by atoms with E-state index in [2.05, 4.69) is 60.7 Å². The summed E-state index contributed by atoms with van der Waals surface area (Å²) in [6, 6.07) is 40.9. The van der Waals surface area contributed by atoms with E-state index in [0.29, 0.717) is 0 Å². The monoisotopic (exact) mass is 374 g/mol. The molecule has 1 heteroatoms. The average Bonchev–Trinajstić information content (AvgIpc) is 2.81. The highest BCUT2D eigenvalue weighted by Gasteiger charge is 2.10. The van der Waals surface area contributed by atoms with E-state index in [9.17, 15) is 0 Å². The Bertz CT molecular complexity index is 989. The van der Waals surface area contributed by atoms with Gasteiger partial charge < -0.3 is 4.74 Å². The standard InChI is InChI=1S/C28H22O/c1-5-13-23(14-6-1)21-27(25-17-9-3-10-18-25)29-28(26-19-11-4-12-20-26)22-24-15-7-2-8-16-24/h1-22H. The van der Waals surface area contributed by atoms with Crippen molar-refractivity contribution < 1.29 is 4.74 Å². The minimum Gasteiger partial charge on any atom is -0.456 e.